The average Bonchev–Trinajstić information content (AvgIpc) is 2.06. The van der Waals surface area contributed by atoms with E-state index >= 15 is 0 Å². The Labute approximate surface area is 73.0 Å². The molecule has 0 saturated heterocycles. The van der Waals surface area contributed by atoms with Crippen LogP contribution in [0, 0.1) is 18.3 Å². The summed E-state index contributed by atoms with van der Waals surface area (Å²) in [6.45, 7) is 3.99. The van der Waals surface area contributed by atoms with Gasteiger partial charge in [0.2, 0.25) is 0 Å². The van der Waals surface area contributed by atoms with Gasteiger partial charge in [-0.15, -0.1) is 0 Å². The summed E-state index contributed by atoms with van der Waals surface area (Å²) < 4.78 is 0. The minimum atomic E-state index is 1.01. The van der Waals surface area contributed by atoms with E-state index in [9.17, 15) is 0 Å². The van der Waals surface area contributed by atoms with Crippen LogP contribution in [0.3, 0.4) is 0 Å². The zero-order valence-electron chi connectivity index (χ0n) is 7.33. The van der Waals surface area contributed by atoms with Crippen LogP contribution in [-0.4, -0.2) is 0 Å². The quantitative estimate of drug-likeness (QED) is 0.575. The van der Waals surface area contributed by atoms with E-state index in [1.807, 2.05) is 44.2 Å². The molecule has 1 rings (SSSR count). The molecule has 0 aliphatic heterocycles. The van der Waals surface area contributed by atoms with E-state index in [0.717, 1.165) is 11.1 Å². The van der Waals surface area contributed by atoms with Gasteiger partial charge in [0, 0.05) is 6.08 Å². The van der Waals surface area contributed by atoms with Gasteiger partial charge in [0.15, 0.2) is 0 Å². The van der Waals surface area contributed by atoms with E-state index in [4.69, 9.17) is 5.26 Å². The van der Waals surface area contributed by atoms with Crippen LogP contribution in [0.1, 0.15) is 18.1 Å². The molecule has 0 saturated carbocycles. The van der Waals surface area contributed by atoms with Crippen LogP contribution in [0.15, 0.2) is 30.3 Å². The first-order valence-corrected chi connectivity index (χ1v) is 3.87. The van der Waals surface area contributed by atoms with Crippen molar-refractivity contribution in [2.24, 2.45) is 0 Å². The fourth-order valence-electron chi connectivity index (χ4n) is 0.997. The molecule has 12 heavy (non-hydrogen) atoms. The van der Waals surface area contributed by atoms with Crippen LogP contribution >= 0.6 is 0 Å². The second kappa shape index (κ2) is 3.73. The minimum absolute atomic E-state index is 1.01. The van der Waals surface area contributed by atoms with Gasteiger partial charge in [0.25, 0.3) is 0 Å². The van der Waals surface area contributed by atoms with Gasteiger partial charge in [-0.1, -0.05) is 29.8 Å². The molecule has 0 aliphatic rings. The van der Waals surface area contributed by atoms with E-state index in [2.05, 4.69) is 0 Å². The van der Waals surface area contributed by atoms with E-state index in [0.29, 0.717) is 0 Å². The largest absolute Gasteiger partial charge is 0.193 e. The van der Waals surface area contributed by atoms with Gasteiger partial charge in [0.05, 0.1) is 6.07 Å². The number of benzene rings is 1. The second-order valence-corrected chi connectivity index (χ2v) is 2.82. The summed E-state index contributed by atoms with van der Waals surface area (Å²) in [4.78, 5) is 0. The predicted octanol–water partition coefficient (Wildman–Crippen LogP) is 2.92. The van der Waals surface area contributed by atoms with Crippen LogP contribution < -0.4 is 0 Å². The Morgan fingerprint density at radius 1 is 1.33 bits per heavy atom. The van der Waals surface area contributed by atoms with Crippen LogP contribution in [-0.2, 0) is 0 Å². The highest BCUT2D eigenvalue weighted by Gasteiger charge is 1.92. The lowest BCUT2D eigenvalue weighted by molar-refractivity contribution is 1.44. The number of nitriles is 1. The highest BCUT2D eigenvalue weighted by Crippen LogP contribution is 2.13. The lowest BCUT2D eigenvalue weighted by Gasteiger charge is -1.99. The van der Waals surface area contributed by atoms with Crippen molar-refractivity contribution >= 4 is 5.57 Å². The summed E-state index contributed by atoms with van der Waals surface area (Å²) in [5.41, 5.74) is 3.36. The highest BCUT2D eigenvalue weighted by atomic mass is 14.2. The summed E-state index contributed by atoms with van der Waals surface area (Å²) in [6, 6.07) is 10.2. The summed E-state index contributed by atoms with van der Waals surface area (Å²) in [5, 5.41) is 8.43. The van der Waals surface area contributed by atoms with Crippen molar-refractivity contribution in [3.05, 3.63) is 41.5 Å². The molecule has 0 N–H and O–H groups in total. The first-order chi connectivity index (χ1) is 5.74. The Morgan fingerprint density at radius 2 is 1.92 bits per heavy atom. The molecule has 60 valence electrons. The monoisotopic (exact) mass is 157 g/mol. The lowest BCUT2D eigenvalue weighted by atomic mass is 10.1. The van der Waals surface area contributed by atoms with Crippen molar-refractivity contribution in [2.75, 3.05) is 0 Å². The van der Waals surface area contributed by atoms with Crippen LogP contribution in [0.5, 0.6) is 0 Å². The zero-order chi connectivity index (χ0) is 8.97. The molecule has 0 aliphatic carbocycles. The Bertz CT molecular complexity index is 325. The molecule has 1 nitrogen and oxygen atoms in total. The number of aryl methyl sites for hydroxylation is 1. The first-order valence-electron chi connectivity index (χ1n) is 3.87. The number of hydrogen-bond donors (Lipinski definition) is 0. The molecule has 0 spiro atoms. The standard InChI is InChI=1S/C11H11N/c1-9-3-5-11(6-4-9)10(2)7-8-12/h3-7H,1-2H3. The fourth-order valence-corrected chi connectivity index (χ4v) is 0.997. The van der Waals surface area contributed by atoms with E-state index in [-0.39, 0.29) is 0 Å². The molecule has 1 aromatic rings. The summed E-state index contributed by atoms with van der Waals surface area (Å²) in [6.07, 6.45) is 1.56. The van der Waals surface area contributed by atoms with Crippen molar-refractivity contribution in [3.8, 4) is 6.07 Å². The van der Waals surface area contributed by atoms with Gasteiger partial charge >= 0.3 is 0 Å². The highest BCUT2D eigenvalue weighted by molar-refractivity contribution is 5.65. The van der Waals surface area contributed by atoms with E-state index in [1.165, 1.54) is 5.56 Å². The van der Waals surface area contributed by atoms with Gasteiger partial charge in [-0.2, -0.15) is 5.26 Å². The predicted molar refractivity (Wildman–Crippen MR) is 50.4 cm³/mol. The average molecular weight is 157 g/mol. The Hall–Kier alpha value is -1.55. The number of nitrogens with zero attached hydrogens (tertiary/aromatic N) is 1. The third-order valence-corrected chi connectivity index (χ3v) is 1.79. The van der Waals surface area contributed by atoms with Crippen molar-refractivity contribution < 1.29 is 0 Å². The van der Waals surface area contributed by atoms with Crippen molar-refractivity contribution in [1.82, 2.24) is 0 Å². The topological polar surface area (TPSA) is 23.8 Å². The van der Waals surface area contributed by atoms with Crippen molar-refractivity contribution in [3.63, 3.8) is 0 Å². The summed E-state index contributed by atoms with van der Waals surface area (Å²) >= 11 is 0. The minimum Gasteiger partial charge on any atom is -0.193 e. The molecule has 1 aromatic carbocycles. The number of allylic oxidation sites excluding steroid dienone is 2. The molecule has 0 heterocycles. The second-order valence-electron chi connectivity index (χ2n) is 2.82. The summed E-state index contributed by atoms with van der Waals surface area (Å²) in [7, 11) is 0. The number of hydrogen-bond acceptors (Lipinski definition) is 1. The molecular formula is C11H11N. The van der Waals surface area contributed by atoms with Gasteiger partial charge in [-0.25, -0.2) is 0 Å². The molecule has 0 radical (unpaired) electrons. The van der Waals surface area contributed by atoms with Crippen molar-refractivity contribution in [1.29, 1.82) is 5.26 Å². The van der Waals surface area contributed by atoms with Gasteiger partial charge in [-0.3, -0.25) is 0 Å². The number of rotatable bonds is 1. The van der Waals surface area contributed by atoms with Crippen LogP contribution in [0.2, 0.25) is 0 Å². The maximum absolute atomic E-state index is 8.43. The lowest BCUT2D eigenvalue weighted by Crippen LogP contribution is -1.78. The van der Waals surface area contributed by atoms with E-state index < -0.39 is 0 Å². The SMILES string of the molecule is CC(=CC#N)c1ccc(C)cc1. The summed E-state index contributed by atoms with van der Waals surface area (Å²) in [5.74, 6) is 0. The molecule has 0 unspecified atom stereocenters. The Balaban J connectivity index is 2.99. The normalized spacial score (nSPS) is 10.9. The molecule has 1 heteroatoms. The van der Waals surface area contributed by atoms with Crippen molar-refractivity contribution in [2.45, 2.75) is 13.8 Å². The van der Waals surface area contributed by atoms with Gasteiger partial charge in [-0.05, 0) is 25.0 Å². The first kappa shape index (κ1) is 8.55. The van der Waals surface area contributed by atoms with Crippen LogP contribution in [0.4, 0.5) is 0 Å². The fraction of sp³-hybridized carbons (Fsp3) is 0.182. The maximum Gasteiger partial charge on any atom is 0.0915 e. The zero-order valence-corrected chi connectivity index (χ0v) is 7.33. The Morgan fingerprint density at radius 3 is 2.42 bits per heavy atom. The van der Waals surface area contributed by atoms with E-state index in [1.54, 1.807) is 6.08 Å². The smallest absolute Gasteiger partial charge is 0.0915 e. The third kappa shape index (κ3) is 1.96. The Kier molecular flexibility index (Phi) is 2.66. The maximum atomic E-state index is 8.43. The van der Waals surface area contributed by atoms with Gasteiger partial charge in [0.1, 0.15) is 0 Å². The molecule has 0 amide bonds. The molecule has 0 aromatic heterocycles. The molecule has 0 atom stereocenters. The molecule has 0 fully saturated rings. The van der Waals surface area contributed by atoms with Crippen LogP contribution in [0.25, 0.3) is 5.57 Å². The van der Waals surface area contributed by atoms with Gasteiger partial charge < -0.3 is 0 Å². The molecular weight excluding hydrogens is 146 g/mol. The molecule has 0 bridgehead atoms. The third-order valence-electron chi connectivity index (χ3n) is 1.79.